The molecular formula is C20H18N2O5S2. The first kappa shape index (κ1) is 20.7. The summed E-state index contributed by atoms with van der Waals surface area (Å²) in [4.78, 5) is 28.7. The zero-order chi connectivity index (χ0) is 21.0. The van der Waals surface area contributed by atoms with Crippen LogP contribution in [-0.2, 0) is 30.7 Å². The monoisotopic (exact) mass is 430 g/mol. The van der Waals surface area contributed by atoms with Gasteiger partial charge in [-0.3, -0.25) is 9.59 Å². The first-order chi connectivity index (χ1) is 13.8. The van der Waals surface area contributed by atoms with Crippen LogP contribution in [-0.4, -0.2) is 38.2 Å². The molecule has 0 aliphatic rings. The Hall–Kier alpha value is -3.04. The summed E-state index contributed by atoms with van der Waals surface area (Å²) in [5.74, 6) is -1.01. The molecule has 0 spiro atoms. The second-order valence-electron chi connectivity index (χ2n) is 6.14. The molecule has 0 fully saturated rings. The number of nitrogens with zero attached hydrogens (tertiary/aromatic N) is 2. The van der Waals surface area contributed by atoms with Crippen molar-refractivity contribution in [3.8, 4) is 0 Å². The zero-order valence-corrected chi connectivity index (χ0v) is 17.4. The van der Waals surface area contributed by atoms with Crippen LogP contribution in [0.1, 0.15) is 5.56 Å². The summed E-state index contributed by atoms with van der Waals surface area (Å²) in [5, 5.41) is 0. The quantitative estimate of drug-likeness (QED) is 0.458. The van der Waals surface area contributed by atoms with Crippen molar-refractivity contribution in [3.63, 3.8) is 0 Å². The third-order valence-corrected chi connectivity index (χ3v) is 6.17. The number of carbonyl (C=O) groups is 2. The first-order valence-corrected chi connectivity index (χ1v) is 11.2. The molecule has 0 unspecified atom stereocenters. The highest BCUT2D eigenvalue weighted by Gasteiger charge is 2.14. The van der Waals surface area contributed by atoms with E-state index in [4.69, 9.17) is 4.74 Å². The topological polar surface area (TPSA) is 94.8 Å². The van der Waals surface area contributed by atoms with Gasteiger partial charge in [0.15, 0.2) is 14.6 Å². The maximum Gasteiger partial charge on any atom is 0.325 e. The molecule has 3 aromatic rings. The lowest BCUT2D eigenvalue weighted by Gasteiger charge is -2.04. The number of ether oxygens (including phenoxy) is 1. The van der Waals surface area contributed by atoms with Crippen molar-refractivity contribution in [3.05, 3.63) is 65.0 Å². The molecule has 150 valence electrons. The minimum Gasteiger partial charge on any atom is -0.468 e. The smallest absolute Gasteiger partial charge is 0.325 e. The Morgan fingerprint density at radius 3 is 2.55 bits per heavy atom. The summed E-state index contributed by atoms with van der Waals surface area (Å²) in [6.07, 6.45) is 4.10. The van der Waals surface area contributed by atoms with E-state index in [-0.39, 0.29) is 16.2 Å². The normalized spacial score (nSPS) is 12.6. The zero-order valence-electron chi connectivity index (χ0n) is 15.7. The predicted molar refractivity (Wildman–Crippen MR) is 111 cm³/mol. The van der Waals surface area contributed by atoms with Crippen LogP contribution >= 0.6 is 11.3 Å². The van der Waals surface area contributed by atoms with Crippen molar-refractivity contribution in [2.45, 2.75) is 11.4 Å². The molecule has 29 heavy (non-hydrogen) atoms. The van der Waals surface area contributed by atoms with Gasteiger partial charge in [0, 0.05) is 12.3 Å². The van der Waals surface area contributed by atoms with E-state index in [2.05, 4.69) is 4.99 Å². The number of methoxy groups -OCH3 is 1. The Balaban J connectivity index is 2.07. The third-order valence-electron chi connectivity index (χ3n) is 4.02. The lowest BCUT2D eigenvalue weighted by Crippen LogP contribution is -2.22. The van der Waals surface area contributed by atoms with Crippen LogP contribution in [0.4, 0.5) is 0 Å². The van der Waals surface area contributed by atoms with Gasteiger partial charge in [0.2, 0.25) is 0 Å². The summed E-state index contributed by atoms with van der Waals surface area (Å²) in [6.45, 7) is -0.150. The number of amides is 1. The maximum atomic E-state index is 12.3. The fourth-order valence-corrected chi connectivity index (χ4v) is 4.38. The third kappa shape index (κ3) is 5.07. The van der Waals surface area contributed by atoms with Gasteiger partial charge in [-0.15, -0.1) is 0 Å². The number of benzene rings is 2. The van der Waals surface area contributed by atoms with Gasteiger partial charge < -0.3 is 9.30 Å². The second kappa shape index (κ2) is 8.54. The molecule has 1 aromatic heterocycles. The van der Waals surface area contributed by atoms with Gasteiger partial charge in [0.05, 0.1) is 22.2 Å². The number of thiazole rings is 1. The molecule has 2 aromatic carbocycles. The molecule has 3 rings (SSSR count). The second-order valence-corrected chi connectivity index (χ2v) is 9.17. The van der Waals surface area contributed by atoms with Gasteiger partial charge >= 0.3 is 5.97 Å². The van der Waals surface area contributed by atoms with Crippen molar-refractivity contribution in [1.82, 2.24) is 4.57 Å². The Kier molecular flexibility index (Phi) is 6.09. The molecular weight excluding hydrogens is 412 g/mol. The van der Waals surface area contributed by atoms with Crippen LogP contribution in [0.25, 0.3) is 16.3 Å². The first-order valence-electron chi connectivity index (χ1n) is 8.50. The SMILES string of the molecule is COC(=O)Cn1c(=NC(=O)C=Cc2ccccc2)sc2cc(S(C)(=O)=O)ccc21. The minimum absolute atomic E-state index is 0.150. The van der Waals surface area contributed by atoms with Crippen molar-refractivity contribution in [2.75, 3.05) is 13.4 Å². The van der Waals surface area contributed by atoms with Crippen molar-refractivity contribution in [1.29, 1.82) is 0 Å². The van der Waals surface area contributed by atoms with Gasteiger partial charge in [-0.1, -0.05) is 41.7 Å². The molecule has 0 bridgehead atoms. The van der Waals surface area contributed by atoms with Crippen LogP contribution in [0, 0.1) is 0 Å². The lowest BCUT2D eigenvalue weighted by molar-refractivity contribution is -0.141. The van der Waals surface area contributed by atoms with Gasteiger partial charge in [0.1, 0.15) is 6.54 Å². The lowest BCUT2D eigenvalue weighted by atomic mass is 10.2. The number of fused-ring (bicyclic) bond motifs is 1. The Bertz CT molecular complexity index is 1270. The molecule has 0 saturated heterocycles. The molecule has 0 aliphatic heterocycles. The van der Waals surface area contributed by atoms with Crippen LogP contribution in [0.3, 0.4) is 0 Å². The van der Waals surface area contributed by atoms with Gasteiger partial charge in [-0.2, -0.15) is 4.99 Å². The van der Waals surface area contributed by atoms with E-state index in [1.807, 2.05) is 30.3 Å². The number of aromatic nitrogens is 1. The van der Waals surface area contributed by atoms with Gasteiger partial charge in [0.25, 0.3) is 5.91 Å². The van der Waals surface area contributed by atoms with Crippen molar-refractivity contribution < 1.29 is 22.7 Å². The summed E-state index contributed by atoms with van der Waals surface area (Å²) in [7, 11) is -2.12. The largest absolute Gasteiger partial charge is 0.468 e. The molecule has 1 heterocycles. The fraction of sp³-hybridized carbons (Fsp3) is 0.150. The van der Waals surface area contributed by atoms with E-state index in [1.54, 1.807) is 12.1 Å². The number of sulfone groups is 1. The average Bonchev–Trinajstić information content (AvgIpc) is 3.02. The van der Waals surface area contributed by atoms with E-state index in [9.17, 15) is 18.0 Å². The number of rotatable bonds is 5. The van der Waals surface area contributed by atoms with Crippen LogP contribution in [0.5, 0.6) is 0 Å². The summed E-state index contributed by atoms with van der Waals surface area (Å²) < 4.78 is 30.5. The highest BCUT2D eigenvalue weighted by atomic mass is 32.2. The van der Waals surface area contributed by atoms with Crippen molar-refractivity contribution in [2.24, 2.45) is 4.99 Å². The molecule has 0 N–H and O–H groups in total. The molecule has 0 saturated carbocycles. The molecule has 0 atom stereocenters. The minimum atomic E-state index is -3.39. The molecule has 0 radical (unpaired) electrons. The Labute approximate surface area is 171 Å². The number of hydrogen-bond acceptors (Lipinski definition) is 6. The van der Waals surface area contributed by atoms with E-state index in [1.165, 1.54) is 29.9 Å². The Morgan fingerprint density at radius 2 is 1.90 bits per heavy atom. The average molecular weight is 431 g/mol. The molecule has 7 nitrogen and oxygen atoms in total. The van der Waals surface area contributed by atoms with Crippen molar-refractivity contribution >= 4 is 49.3 Å². The Morgan fingerprint density at radius 1 is 1.17 bits per heavy atom. The molecule has 9 heteroatoms. The van der Waals surface area contributed by atoms with Gasteiger partial charge in [-0.25, -0.2) is 8.42 Å². The summed E-state index contributed by atoms with van der Waals surface area (Å²) >= 11 is 1.13. The van der Waals surface area contributed by atoms with Crippen LogP contribution in [0.2, 0.25) is 0 Å². The molecule has 1 amide bonds. The van der Waals surface area contributed by atoms with E-state index in [0.29, 0.717) is 10.2 Å². The maximum absolute atomic E-state index is 12.3. The summed E-state index contributed by atoms with van der Waals surface area (Å²) in [6, 6.07) is 13.9. The number of carbonyl (C=O) groups excluding carboxylic acids is 2. The van der Waals surface area contributed by atoms with Crippen LogP contribution in [0.15, 0.2) is 64.5 Å². The van der Waals surface area contributed by atoms with E-state index in [0.717, 1.165) is 23.2 Å². The highest BCUT2D eigenvalue weighted by molar-refractivity contribution is 7.90. The van der Waals surface area contributed by atoms with E-state index >= 15 is 0 Å². The van der Waals surface area contributed by atoms with Gasteiger partial charge in [-0.05, 0) is 29.8 Å². The summed E-state index contributed by atoms with van der Waals surface area (Å²) in [5.41, 5.74) is 1.44. The van der Waals surface area contributed by atoms with Crippen LogP contribution < -0.4 is 4.80 Å². The number of esters is 1. The molecule has 0 aliphatic carbocycles. The van der Waals surface area contributed by atoms with E-state index < -0.39 is 21.7 Å². The number of hydrogen-bond donors (Lipinski definition) is 0. The standard InChI is InChI=1S/C20H18N2O5S2/c1-27-19(24)13-22-16-10-9-15(29(2,25)26)12-17(16)28-20(22)21-18(23)11-8-14-6-4-3-5-7-14/h3-12H,13H2,1-2H3. The predicted octanol–water partition coefficient (Wildman–Crippen LogP) is 2.42. The fourth-order valence-electron chi connectivity index (χ4n) is 2.58. The highest BCUT2D eigenvalue weighted by Crippen LogP contribution is 2.22.